The molecular formula is C20H16F5N5O5. The van der Waals surface area contributed by atoms with E-state index in [1.807, 2.05) is 12.1 Å². The highest BCUT2D eigenvalue weighted by Gasteiger charge is 2.38. The number of fused-ring (bicyclic) bond motifs is 1. The Morgan fingerprint density at radius 2 is 1.77 bits per heavy atom. The number of aromatic nitrogens is 4. The predicted octanol–water partition coefficient (Wildman–Crippen LogP) is 2.57. The molecule has 186 valence electrons. The third-order valence-corrected chi connectivity index (χ3v) is 4.53. The topological polar surface area (TPSA) is 134 Å². The highest BCUT2D eigenvalue weighted by atomic mass is 19.4. The molecule has 0 atom stereocenters. The van der Waals surface area contributed by atoms with Crippen molar-refractivity contribution in [3.05, 3.63) is 65.0 Å². The summed E-state index contributed by atoms with van der Waals surface area (Å²) in [5.74, 6) is -1.15. The first kappa shape index (κ1) is 25.4. The SMILES string of the molecule is NCC(Cn1ncn(-c2cc(-c3ccc4c(c3)OCO4)ccn2)c1=O)=C(F)F.O=C(O)C(F)(F)F. The number of carboxylic acid groups (broad SMARTS) is 1. The van der Waals surface area contributed by atoms with E-state index in [4.69, 9.17) is 25.1 Å². The van der Waals surface area contributed by atoms with Gasteiger partial charge in [-0.3, -0.25) is 0 Å². The van der Waals surface area contributed by atoms with Crippen LogP contribution in [0.1, 0.15) is 0 Å². The summed E-state index contributed by atoms with van der Waals surface area (Å²) >= 11 is 0. The van der Waals surface area contributed by atoms with Crippen LogP contribution in [0, 0.1) is 0 Å². The first-order chi connectivity index (χ1) is 16.5. The van der Waals surface area contributed by atoms with Crippen molar-refractivity contribution in [3.8, 4) is 28.4 Å². The molecule has 3 aromatic rings. The summed E-state index contributed by atoms with van der Waals surface area (Å²) in [5.41, 5.74) is 5.99. The van der Waals surface area contributed by atoms with Crippen molar-refractivity contribution >= 4 is 5.97 Å². The number of halogens is 5. The van der Waals surface area contributed by atoms with E-state index in [0.29, 0.717) is 17.3 Å². The van der Waals surface area contributed by atoms with Gasteiger partial charge in [-0.15, -0.1) is 0 Å². The molecule has 0 amide bonds. The van der Waals surface area contributed by atoms with E-state index >= 15 is 0 Å². The van der Waals surface area contributed by atoms with Gasteiger partial charge < -0.3 is 20.3 Å². The second kappa shape index (κ2) is 10.3. The van der Waals surface area contributed by atoms with Crippen LogP contribution in [0.15, 0.2) is 59.3 Å². The fourth-order valence-corrected chi connectivity index (χ4v) is 2.79. The Morgan fingerprint density at radius 3 is 2.40 bits per heavy atom. The van der Waals surface area contributed by atoms with Crippen molar-refractivity contribution < 1.29 is 41.3 Å². The molecule has 0 unspecified atom stereocenters. The van der Waals surface area contributed by atoms with Gasteiger partial charge in [-0.05, 0) is 35.4 Å². The lowest BCUT2D eigenvalue weighted by atomic mass is 10.1. The van der Waals surface area contributed by atoms with Gasteiger partial charge in [-0.1, -0.05) is 6.07 Å². The molecule has 0 bridgehead atoms. The summed E-state index contributed by atoms with van der Waals surface area (Å²) in [6.07, 6.45) is -4.21. The fraction of sp³-hybridized carbons (Fsp3) is 0.200. The molecule has 4 rings (SSSR count). The molecular weight excluding hydrogens is 485 g/mol. The number of nitrogens with two attached hydrogens (primary N) is 1. The summed E-state index contributed by atoms with van der Waals surface area (Å²) < 4.78 is 70.1. The first-order valence-corrected chi connectivity index (χ1v) is 9.55. The van der Waals surface area contributed by atoms with Crippen LogP contribution in [-0.2, 0) is 11.3 Å². The molecule has 10 nitrogen and oxygen atoms in total. The number of alkyl halides is 3. The van der Waals surface area contributed by atoms with E-state index in [2.05, 4.69) is 10.1 Å². The maximum absolute atomic E-state index is 12.8. The lowest BCUT2D eigenvalue weighted by molar-refractivity contribution is -0.192. The van der Waals surface area contributed by atoms with E-state index in [9.17, 15) is 26.7 Å². The van der Waals surface area contributed by atoms with Crippen molar-refractivity contribution in [2.24, 2.45) is 5.73 Å². The summed E-state index contributed by atoms with van der Waals surface area (Å²) in [6, 6.07) is 8.97. The number of rotatable bonds is 5. The van der Waals surface area contributed by atoms with Crippen LogP contribution in [-0.4, -0.2) is 49.9 Å². The molecule has 15 heteroatoms. The number of carbonyl (C=O) groups is 1. The lowest BCUT2D eigenvalue weighted by Crippen LogP contribution is -2.26. The minimum atomic E-state index is -5.08. The summed E-state index contributed by atoms with van der Waals surface area (Å²) in [4.78, 5) is 25.6. The smallest absolute Gasteiger partial charge is 0.475 e. The molecule has 35 heavy (non-hydrogen) atoms. The zero-order valence-electron chi connectivity index (χ0n) is 17.5. The van der Waals surface area contributed by atoms with Crippen LogP contribution >= 0.6 is 0 Å². The standard InChI is InChI=1S/C18H15F2N5O3.C2HF3O2/c19-17(20)13(7-21)8-25-18(26)24(9-23-25)16-6-12(3-4-22-16)11-1-2-14-15(5-11)28-10-27-14;3-2(4,5)1(6)7/h1-6,9H,7-8,10,21H2;(H,6,7). The van der Waals surface area contributed by atoms with E-state index < -0.39 is 23.9 Å². The van der Waals surface area contributed by atoms with Crippen LogP contribution in [0.4, 0.5) is 22.0 Å². The zero-order chi connectivity index (χ0) is 25.8. The minimum Gasteiger partial charge on any atom is -0.475 e. The Morgan fingerprint density at radius 1 is 1.11 bits per heavy atom. The molecule has 0 spiro atoms. The fourth-order valence-electron chi connectivity index (χ4n) is 2.79. The molecule has 0 aliphatic carbocycles. The highest BCUT2D eigenvalue weighted by molar-refractivity contribution is 5.73. The minimum absolute atomic E-state index is 0.174. The average molecular weight is 501 g/mol. The Hall–Kier alpha value is -4.27. The summed E-state index contributed by atoms with van der Waals surface area (Å²) in [5, 5.41) is 11.0. The Balaban J connectivity index is 0.000000429. The molecule has 1 aromatic carbocycles. The normalized spacial score (nSPS) is 12.1. The van der Waals surface area contributed by atoms with E-state index in [1.54, 1.807) is 24.4 Å². The molecule has 3 N–H and O–H groups in total. The second-order valence-electron chi connectivity index (χ2n) is 6.78. The van der Waals surface area contributed by atoms with Crippen LogP contribution in [0.5, 0.6) is 11.5 Å². The number of hydrogen-bond acceptors (Lipinski definition) is 7. The maximum Gasteiger partial charge on any atom is 0.490 e. The van der Waals surface area contributed by atoms with E-state index in [1.165, 1.54) is 10.9 Å². The molecule has 1 aliphatic heterocycles. The van der Waals surface area contributed by atoms with Crippen molar-refractivity contribution in [2.75, 3.05) is 13.3 Å². The van der Waals surface area contributed by atoms with Crippen LogP contribution in [0.2, 0.25) is 0 Å². The largest absolute Gasteiger partial charge is 0.490 e. The average Bonchev–Trinajstić information content (AvgIpc) is 3.43. The van der Waals surface area contributed by atoms with Crippen molar-refractivity contribution in [1.29, 1.82) is 0 Å². The quantitative estimate of drug-likeness (QED) is 0.510. The number of pyridine rings is 1. The van der Waals surface area contributed by atoms with Crippen LogP contribution in [0.3, 0.4) is 0 Å². The lowest BCUT2D eigenvalue weighted by Gasteiger charge is -2.06. The van der Waals surface area contributed by atoms with Crippen molar-refractivity contribution in [3.63, 3.8) is 0 Å². The third-order valence-electron chi connectivity index (χ3n) is 4.53. The van der Waals surface area contributed by atoms with Gasteiger partial charge in [0.15, 0.2) is 11.5 Å². The highest BCUT2D eigenvalue weighted by Crippen LogP contribution is 2.36. The van der Waals surface area contributed by atoms with Crippen LogP contribution in [0.25, 0.3) is 16.9 Å². The molecule has 0 saturated carbocycles. The predicted molar refractivity (Wildman–Crippen MR) is 109 cm³/mol. The Bertz CT molecular complexity index is 1310. The third kappa shape index (κ3) is 6.00. The van der Waals surface area contributed by atoms with E-state index in [-0.39, 0.29) is 25.5 Å². The maximum atomic E-state index is 12.8. The number of benzene rings is 1. The number of carboxylic acids is 1. The molecule has 0 radical (unpaired) electrons. The van der Waals surface area contributed by atoms with Gasteiger partial charge in [-0.2, -0.15) is 27.1 Å². The van der Waals surface area contributed by atoms with E-state index in [0.717, 1.165) is 15.8 Å². The van der Waals surface area contributed by atoms with Gasteiger partial charge in [0.1, 0.15) is 12.1 Å². The van der Waals surface area contributed by atoms with Gasteiger partial charge in [0, 0.05) is 18.3 Å². The molecule has 0 fully saturated rings. The Labute approximate surface area is 192 Å². The van der Waals surface area contributed by atoms with Gasteiger partial charge >= 0.3 is 17.8 Å². The number of hydrogen-bond donors (Lipinski definition) is 2. The molecule has 0 saturated heterocycles. The van der Waals surface area contributed by atoms with Gasteiger partial charge in [0.25, 0.3) is 6.08 Å². The number of nitrogens with zero attached hydrogens (tertiary/aromatic N) is 4. The Kier molecular flexibility index (Phi) is 7.49. The summed E-state index contributed by atoms with van der Waals surface area (Å²) in [7, 11) is 0. The second-order valence-corrected chi connectivity index (χ2v) is 6.78. The van der Waals surface area contributed by atoms with Gasteiger partial charge in [0.2, 0.25) is 6.79 Å². The van der Waals surface area contributed by atoms with Crippen LogP contribution < -0.4 is 20.9 Å². The number of aliphatic carboxylic acids is 1. The zero-order valence-corrected chi connectivity index (χ0v) is 17.5. The molecule has 3 heterocycles. The number of ether oxygens (including phenoxy) is 2. The van der Waals surface area contributed by atoms with Crippen molar-refractivity contribution in [1.82, 2.24) is 19.3 Å². The van der Waals surface area contributed by atoms with Crippen molar-refractivity contribution in [2.45, 2.75) is 12.7 Å². The first-order valence-electron chi connectivity index (χ1n) is 9.55. The molecule has 1 aliphatic rings. The molecule has 2 aromatic heterocycles. The summed E-state index contributed by atoms with van der Waals surface area (Å²) in [6.45, 7) is -0.570. The van der Waals surface area contributed by atoms with Gasteiger partial charge in [-0.25, -0.2) is 23.8 Å². The van der Waals surface area contributed by atoms with Gasteiger partial charge in [0.05, 0.1) is 6.54 Å². The monoisotopic (exact) mass is 501 g/mol.